The van der Waals surface area contributed by atoms with Crippen molar-refractivity contribution in [1.29, 1.82) is 0 Å². The second-order valence-electron chi connectivity index (χ2n) is 6.69. The number of benzene rings is 2. The standard InChI is InChI=1S/C21H20BrN3O4S/c1-14-4-8-17(9-5-14)29-20-11-7-16(13-23-20)24-21(26)15-6-10-18(22)19(12-15)30(27,28)25(2)3/h4-13H,1-3H3,(H,24,26). The van der Waals surface area contributed by atoms with E-state index < -0.39 is 15.9 Å². The second kappa shape index (κ2) is 8.95. The van der Waals surface area contributed by atoms with E-state index in [1.54, 1.807) is 12.1 Å². The van der Waals surface area contributed by atoms with Gasteiger partial charge in [0.1, 0.15) is 5.75 Å². The molecule has 0 bridgehead atoms. The van der Waals surface area contributed by atoms with Crippen molar-refractivity contribution in [2.24, 2.45) is 0 Å². The van der Waals surface area contributed by atoms with Crippen LogP contribution in [-0.4, -0.2) is 37.7 Å². The van der Waals surface area contributed by atoms with Gasteiger partial charge in [0.05, 0.1) is 16.8 Å². The van der Waals surface area contributed by atoms with Gasteiger partial charge in [-0.25, -0.2) is 17.7 Å². The van der Waals surface area contributed by atoms with Crippen molar-refractivity contribution in [3.05, 3.63) is 76.4 Å². The van der Waals surface area contributed by atoms with Gasteiger partial charge in [0.2, 0.25) is 15.9 Å². The summed E-state index contributed by atoms with van der Waals surface area (Å²) >= 11 is 3.23. The molecule has 0 fully saturated rings. The zero-order chi connectivity index (χ0) is 21.9. The van der Waals surface area contributed by atoms with Crippen molar-refractivity contribution in [2.45, 2.75) is 11.8 Å². The number of ether oxygens (including phenoxy) is 1. The Labute approximate surface area is 183 Å². The second-order valence-corrected chi connectivity index (χ2v) is 9.66. The van der Waals surface area contributed by atoms with Crippen molar-refractivity contribution in [1.82, 2.24) is 9.29 Å². The third-order valence-electron chi connectivity index (χ3n) is 4.19. The minimum atomic E-state index is -3.70. The number of rotatable bonds is 6. The van der Waals surface area contributed by atoms with Gasteiger partial charge in [-0.2, -0.15) is 0 Å². The van der Waals surface area contributed by atoms with Crippen molar-refractivity contribution < 1.29 is 17.9 Å². The third kappa shape index (κ3) is 5.05. The molecule has 7 nitrogen and oxygen atoms in total. The van der Waals surface area contributed by atoms with E-state index in [9.17, 15) is 13.2 Å². The van der Waals surface area contributed by atoms with E-state index in [0.29, 0.717) is 21.8 Å². The summed E-state index contributed by atoms with van der Waals surface area (Å²) in [6.07, 6.45) is 1.47. The highest BCUT2D eigenvalue weighted by Crippen LogP contribution is 2.26. The van der Waals surface area contributed by atoms with Gasteiger partial charge in [-0.05, 0) is 59.3 Å². The van der Waals surface area contributed by atoms with Crippen LogP contribution in [0.2, 0.25) is 0 Å². The van der Waals surface area contributed by atoms with Gasteiger partial charge >= 0.3 is 0 Å². The highest BCUT2D eigenvalue weighted by molar-refractivity contribution is 9.10. The summed E-state index contributed by atoms with van der Waals surface area (Å²) in [5.41, 5.74) is 1.79. The summed E-state index contributed by atoms with van der Waals surface area (Å²) < 4.78 is 32.0. The average Bonchev–Trinajstić information content (AvgIpc) is 2.71. The molecule has 1 heterocycles. The van der Waals surface area contributed by atoms with Gasteiger partial charge in [0.25, 0.3) is 5.91 Å². The summed E-state index contributed by atoms with van der Waals surface area (Å²) in [7, 11) is -0.835. The lowest BCUT2D eigenvalue weighted by Gasteiger charge is -2.14. The number of halogens is 1. The van der Waals surface area contributed by atoms with Crippen molar-refractivity contribution in [2.75, 3.05) is 19.4 Å². The Bertz CT molecular complexity index is 1160. The summed E-state index contributed by atoms with van der Waals surface area (Å²) in [5, 5.41) is 2.70. The van der Waals surface area contributed by atoms with Crippen molar-refractivity contribution in [3.63, 3.8) is 0 Å². The normalized spacial score (nSPS) is 11.4. The Morgan fingerprint density at radius 2 is 1.77 bits per heavy atom. The number of nitrogens with one attached hydrogen (secondary N) is 1. The molecule has 2 aromatic carbocycles. The maximum atomic E-state index is 12.6. The maximum absolute atomic E-state index is 12.6. The summed E-state index contributed by atoms with van der Waals surface area (Å²) in [6.45, 7) is 1.99. The smallest absolute Gasteiger partial charge is 0.255 e. The number of carbonyl (C=O) groups is 1. The summed E-state index contributed by atoms with van der Waals surface area (Å²) in [6, 6.07) is 15.3. The molecule has 0 aliphatic rings. The minimum Gasteiger partial charge on any atom is -0.439 e. The molecule has 0 saturated heterocycles. The van der Waals surface area contributed by atoms with Crippen LogP contribution < -0.4 is 10.1 Å². The molecular weight excluding hydrogens is 470 g/mol. The van der Waals surface area contributed by atoms with Crippen molar-refractivity contribution in [3.8, 4) is 11.6 Å². The van der Waals surface area contributed by atoms with E-state index in [0.717, 1.165) is 9.87 Å². The molecule has 1 amide bonds. The molecule has 9 heteroatoms. The number of amides is 1. The fourth-order valence-electron chi connectivity index (χ4n) is 2.48. The van der Waals surface area contributed by atoms with Gasteiger partial charge in [-0.1, -0.05) is 17.7 Å². The Morgan fingerprint density at radius 1 is 1.07 bits per heavy atom. The largest absolute Gasteiger partial charge is 0.439 e. The first-order valence-electron chi connectivity index (χ1n) is 8.91. The number of sulfonamides is 1. The Hall–Kier alpha value is -2.75. The monoisotopic (exact) mass is 489 g/mol. The first-order chi connectivity index (χ1) is 14.2. The first kappa shape index (κ1) is 21.9. The Morgan fingerprint density at radius 3 is 2.37 bits per heavy atom. The number of aryl methyl sites for hydroxylation is 1. The lowest BCUT2D eigenvalue weighted by molar-refractivity contribution is 0.102. The van der Waals surface area contributed by atoms with E-state index in [4.69, 9.17) is 4.74 Å². The van der Waals surface area contributed by atoms with Crippen LogP contribution in [0.25, 0.3) is 0 Å². The molecular formula is C21H20BrN3O4S. The number of nitrogens with zero attached hydrogens (tertiary/aromatic N) is 2. The number of pyridine rings is 1. The van der Waals surface area contributed by atoms with E-state index in [-0.39, 0.29) is 10.5 Å². The zero-order valence-corrected chi connectivity index (χ0v) is 19.0. The predicted molar refractivity (Wildman–Crippen MR) is 118 cm³/mol. The molecule has 1 aromatic heterocycles. The molecule has 30 heavy (non-hydrogen) atoms. The number of hydrogen-bond donors (Lipinski definition) is 1. The first-order valence-corrected chi connectivity index (χ1v) is 11.1. The Kier molecular flexibility index (Phi) is 6.55. The van der Waals surface area contributed by atoms with E-state index >= 15 is 0 Å². The van der Waals surface area contributed by atoms with Gasteiger partial charge < -0.3 is 10.1 Å². The molecule has 0 saturated carbocycles. The van der Waals surface area contributed by atoms with Crippen LogP contribution >= 0.6 is 15.9 Å². The number of hydrogen-bond acceptors (Lipinski definition) is 5. The van der Waals surface area contributed by atoms with Crippen LogP contribution in [0.5, 0.6) is 11.6 Å². The quantitative estimate of drug-likeness (QED) is 0.552. The predicted octanol–water partition coefficient (Wildman–Crippen LogP) is 4.45. The van der Waals surface area contributed by atoms with Crippen LogP contribution in [0.15, 0.2) is 70.2 Å². The molecule has 3 aromatic rings. The SMILES string of the molecule is Cc1ccc(Oc2ccc(NC(=O)c3ccc(Br)c(S(=O)(=O)N(C)C)c3)cn2)cc1. The van der Waals surface area contributed by atoms with Gasteiger partial charge in [0.15, 0.2) is 0 Å². The molecule has 1 N–H and O–H groups in total. The highest BCUT2D eigenvalue weighted by atomic mass is 79.9. The summed E-state index contributed by atoms with van der Waals surface area (Å²) in [5.74, 6) is 0.598. The van der Waals surface area contributed by atoms with Crippen LogP contribution in [-0.2, 0) is 10.0 Å². The fraction of sp³-hybridized carbons (Fsp3) is 0.143. The average molecular weight is 490 g/mol. The molecule has 0 radical (unpaired) electrons. The number of aromatic nitrogens is 1. The molecule has 0 atom stereocenters. The Balaban J connectivity index is 1.74. The zero-order valence-electron chi connectivity index (χ0n) is 16.6. The van der Waals surface area contributed by atoms with Crippen molar-refractivity contribution >= 4 is 37.5 Å². The summed E-state index contributed by atoms with van der Waals surface area (Å²) in [4.78, 5) is 16.8. The van der Waals surface area contributed by atoms with Crippen LogP contribution in [0.3, 0.4) is 0 Å². The van der Waals surface area contributed by atoms with Crippen LogP contribution in [0.1, 0.15) is 15.9 Å². The molecule has 0 aliphatic carbocycles. The van der Waals surface area contributed by atoms with Crippen LogP contribution in [0, 0.1) is 6.92 Å². The lowest BCUT2D eigenvalue weighted by atomic mass is 10.2. The lowest BCUT2D eigenvalue weighted by Crippen LogP contribution is -2.23. The topological polar surface area (TPSA) is 88.6 Å². The molecule has 0 spiro atoms. The minimum absolute atomic E-state index is 0.0140. The highest BCUT2D eigenvalue weighted by Gasteiger charge is 2.22. The maximum Gasteiger partial charge on any atom is 0.255 e. The molecule has 156 valence electrons. The number of anilines is 1. The van der Waals surface area contributed by atoms with E-state index in [2.05, 4.69) is 26.2 Å². The fourth-order valence-corrected chi connectivity index (χ4v) is 4.33. The van der Waals surface area contributed by atoms with E-state index in [1.807, 2.05) is 31.2 Å². The molecule has 0 unspecified atom stereocenters. The van der Waals surface area contributed by atoms with Gasteiger partial charge in [-0.15, -0.1) is 0 Å². The number of carbonyl (C=O) groups excluding carboxylic acids is 1. The van der Waals surface area contributed by atoms with Gasteiger partial charge in [-0.3, -0.25) is 4.79 Å². The van der Waals surface area contributed by atoms with Gasteiger partial charge in [0, 0.05) is 30.2 Å². The van der Waals surface area contributed by atoms with Crippen LogP contribution in [0.4, 0.5) is 5.69 Å². The third-order valence-corrected chi connectivity index (χ3v) is 7.00. The molecule has 0 aliphatic heterocycles. The molecule has 3 rings (SSSR count). The van der Waals surface area contributed by atoms with E-state index in [1.165, 1.54) is 38.5 Å².